The van der Waals surface area contributed by atoms with Gasteiger partial charge in [-0.15, -0.1) is 0 Å². The fourth-order valence-corrected chi connectivity index (χ4v) is 16.3. The SMILES string of the molecule is CCCCCCCCCCCCCCCCCCCCCCCCC(=O)O[C@H](COC(=O)CCCCCCCCCCCCCCCCCCCCC)COP(=O)(O)OC[C@@H](O)COP(=O)(O)OC[C@@H](COC(=O)CCCCCCCCCCCCCCC)OC(=O)CCCCCCCCCCCCCCCCCC(C)C. The van der Waals surface area contributed by atoms with E-state index in [2.05, 4.69) is 34.6 Å². The molecule has 0 aliphatic carbocycles. The van der Waals surface area contributed by atoms with Crippen LogP contribution >= 0.6 is 15.6 Å². The van der Waals surface area contributed by atoms with Crippen molar-refractivity contribution < 1.29 is 80.2 Å². The highest BCUT2D eigenvalue weighted by atomic mass is 31.2. The van der Waals surface area contributed by atoms with Crippen LogP contribution in [0.1, 0.15) is 510 Å². The van der Waals surface area contributed by atoms with Crippen molar-refractivity contribution in [3.8, 4) is 0 Å². The molecular formula is C93H182O17P2. The topological polar surface area (TPSA) is 237 Å². The van der Waals surface area contributed by atoms with E-state index < -0.39 is 97.5 Å². The summed E-state index contributed by atoms with van der Waals surface area (Å²) in [5.41, 5.74) is 0. The van der Waals surface area contributed by atoms with Gasteiger partial charge in [0, 0.05) is 25.7 Å². The minimum absolute atomic E-state index is 0.109. The molecule has 666 valence electrons. The first-order chi connectivity index (χ1) is 54.5. The summed E-state index contributed by atoms with van der Waals surface area (Å²) in [5.74, 6) is -1.29. The number of ether oxygens (including phenoxy) is 4. The Morgan fingerprint density at radius 1 is 0.241 bits per heavy atom. The molecule has 0 spiro atoms. The summed E-state index contributed by atoms with van der Waals surface area (Å²) < 4.78 is 69.2. The first kappa shape index (κ1) is 110. The van der Waals surface area contributed by atoms with E-state index in [9.17, 15) is 43.2 Å². The Morgan fingerprint density at radius 2 is 0.411 bits per heavy atom. The number of phosphoric ester groups is 2. The first-order valence-corrected chi connectivity index (χ1v) is 51.1. The fourth-order valence-electron chi connectivity index (χ4n) is 14.7. The zero-order valence-corrected chi connectivity index (χ0v) is 75.6. The number of unbranched alkanes of at least 4 members (excludes halogenated alkanes) is 65. The van der Waals surface area contributed by atoms with Gasteiger partial charge in [-0.3, -0.25) is 37.3 Å². The maximum atomic E-state index is 13.2. The molecule has 112 heavy (non-hydrogen) atoms. The molecular weight excluding hydrogens is 1450 g/mol. The highest BCUT2D eigenvalue weighted by molar-refractivity contribution is 7.47. The molecule has 19 heteroatoms. The average molecular weight is 1630 g/mol. The number of rotatable bonds is 93. The van der Waals surface area contributed by atoms with Gasteiger partial charge in [0.1, 0.15) is 19.3 Å². The molecule has 0 aromatic carbocycles. The van der Waals surface area contributed by atoms with Gasteiger partial charge in [0.2, 0.25) is 0 Å². The summed E-state index contributed by atoms with van der Waals surface area (Å²) in [7, 11) is -9.94. The lowest BCUT2D eigenvalue weighted by Gasteiger charge is -2.21. The largest absolute Gasteiger partial charge is 0.472 e. The van der Waals surface area contributed by atoms with Crippen molar-refractivity contribution >= 4 is 39.5 Å². The van der Waals surface area contributed by atoms with E-state index >= 15 is 0 Å². The minimum atomic E-state index is -4.97. The predicted molar refractivity (Wildman–Crippen MR) is 465 cm³/mol. The van der Waals surface area contributed by atoms with Crippen molar-refractivity contribution in [1.29, 1.82) is 0 Å². The second-order valence-electron chi connectivity index (χ2n) is 33.9. The summed E-state index contributed by atoms with van der Waals surface area (Å²) in [6.07, 6.45) is 82.0. The first-order valence-electron chi connectivity index (χ1n) is 48.1. The molecule has 5 atom stereocenters. The summed E-state index contributed by atoms with van der Waals surface area (Å²) in [6, 6.07) is 0. The van der Waals surface area contributed by atoms with Crippen LogP contribution in [0.15, 0.2) is 0 Å². The van der Waals surface area contributed by atoms with Gasteiger partial charge in [0.15, 0.2) is 12.2 Å². The monoisotopic (exact) mass is 1630 g/mol. The van der Waals surface area contributed by atoms with Crippen LogP contribution in [0.25, 0.3) is 0 Å². The fraction of sp³-hybridized carbons (Fsp3) is 0.957. The van der Waals surface area contributed by atoms with Gasteiger partial charge in [0.25, 0.3) is 0 Å². The van der Waals surface area contributed by atoms with Gasteiger partial charge < -0.3 is 33.8 Å². The zero-order chi connectivity index (χ0) is 81.8. The van der Waals surface area contributed by atoms with Crippen LogP contribution in [0.2, 0.25) is 0 Å². The Labute approximate surface area is 689 Å². The van der Waals surface area contributed by atoms with Crippen LogP contribution in [-0.4, -0.2) is 96.7 Å². The van der Waals surface area contributed by atoms with Crippen LogP contribution in [0, 0.1) is 5.92 Å². The number of aliphatic hydroxyl groups is 1. The molecule has 0 rings (SSSR count). The molecule has 2 unspecified atom stereocenters. The molecule has 0 aliphatic rings. The molecule has 0 aliphatic heterocycles. The third kappa shape index (κ3) is 85.9. The van der Waals surface area contributed by atoms with Crippen molar-refractivity contribution in [2.24, 2.45) is 5.92 Å². The van der Waals surface area contributed by atoms with Gasteiger partial charge in [0.05, 0.1) is 26.4 Å². The summed E-state index contributed by atoms with van der Waals surface area (Å²) >= 11 is 0. The Kier molecular flexibility index (Phi) is 84.0. The lowest BCUT2D eigenvalue weighted by atomic mass is 10.0. The lowest BCUT2D eigenvalue weighted by Crippen LogP contribution is -2.30. The van der Waals surface area contributed by atoms with Gasteiger partial charge in [-0.25, -0.2) is 9.13 Å². The molecule has 0 bridgehead atoms. The number of hydrogen-bond acceptors (Lipinski definition) is 15. The predicted octanol–water partition coefficient (Wildman–Crippen LogP) is 29.1. The summed E-state index contributed by atoms with van der Waals surface area (Å²) in [6.45, 7) is 7.44. The molecule has 0 fully saturated rings. The van der Waals surface area contributed by atoms with Gasteiger partial charge in [-0.1, -0.05) is 458 Å². The number of phosphoric acid groups is 2. The number of hydrogen-bond donors (Lipinski definition) is 3. The maximum Gasteiger partial charge on any atom is 0.472 e. The molecule has 0 aromatic heterocycles. The normalized spacial score (nSPS) is 13.7. The Balaban J connectivity index is 5.25. The maximum absolute atomic E-state index is 13.2. The second kappa shape index (κ2) is 85.5. The second-order valence-corrected chi connectivity index (χ2v) is 36.8. The van der Waals surface area contributed by atoms with Crippen molar-refractivity contribution in [1.82, 2.24) is 0 Å². The van der Waals surface area contributed by atoms with E-state index in [1.54, 1.807) is 0 Å². The molecule has 0 saturated carbocycles. The zero-order valence-electron chi connectivity index (χ0n) is 73.8. The van der Waals surface area contributed by atoms with E-state index in [-0.39, 0.29) is 25.7 Å². The van der Waals surface area contributed by atoms with Crippen LogP contribution in [-0.2, 0) is 65.4 Å². The van der Waals surface area contributed by atoms with Crippen molar-refractivity contribution in [2.45, 2.75) is 528 Å². The number of aliphatic hydroxyl groups excluding tert-OH is 1. The highest BCUT2D eigenvalue weighted by Crippen LogP contribution is 2.45. The van der Waals surface area contributed by atoms with E-state index in [0.29, 0.717) is 25.7 Å². The standard InChI is InChI=1S/C93H182O17P2/c1-6-9-12-15-18-21-24-27-29-31-33-34-35-37-39-43-48-53-58-63-68-73-78-92(97)110-89(83-104-91(96)77-72-67-62-57-52-47-42-38-36-32-30-28-25-22-19-16-13-10-7-2)85-108-112(101,102)106-81-87(94)80-105-111(99,100)107-84-88(82-103-90(95)76-71-66-61-56-51-45-26-23-20-17-14-11-8-3)109-93(98)79-74-69-64-59-54-49-44-40-41-46-50-55-60-65-70-75-86(4)5/h86-89,94H,6-85H2,1-5H3,(H,99,100)(H,101,102)/t87-,88+,89+/m0/s1. The van der Waals surface area contributed by atoms with E-state index in [1.165, 1.54) is 334 Å². The quantitative estimate of drug-likeness (QED) is 0.0222. The van der Waals surface area contributed by atoms with Crippen LogP contribution < -0.4 is 0 Å². The van der Waals surface area contributed by atoms with Crippen LogP contribution in [0.5, 0.6) is 0 Å². The molecule has 0 radical (unpaired) electrons. The molecule has 0 aromatic rings. The van der Waals surface area contributed by atoms with Crippen molar-refractivity contribution in [3.63, 3.8) is 0 Å². The average Bonchev–Trinajstić information content (AvgIpc) is 0.898. The smallest absolute Gasteiger partial charge is 0.462 e. The third-order valence-corrected chi connectivity index (χ3v) is 23.9. The number of esters is 4. The molecule has 0 heterocycles. The minimum Gasteiger partial charge on any atom is -0.462 e. The summed E-state index contributed by atoms with van der Waals surface area (Å²) in [5, 5.41) is 10.7. The Hall–Kier alpha value is -1.94. The van der Waals surface area contributed by atoms with E-state index in [0.717, 1.165) is 95.8 Å². The van der Waals surface area contributed by atoms with Gasteiger partial charge in [-0.05, 0) is 31.6 Å². The Morgan fingerprint density at radius 3 is 0.607 bits per heavy atom. The number of carbonyl (C=O) groups is 4. The molecule has 3 N–H and O–H groups in total. The van der Waals surface area contributed by atoms with Gasteiger partial charge in [-0.2, -0.15) is 0 Å². The molecule has 0 saturated heterocycles. The third-order valence-electron chi connectivity index (χ3n) is 22.0. The number of carbonyl (C=O) groups excluding carboxylic acids is 4. The van der Waals surface area contributed by atoms with Crippen LogP contribution in [0.3, 0.4) is 0 Å². The van der Waals surface area contributed by atoms with Crippen molar-refractivity contribution in [3.05, 3.63) is 0 Å². The van der Waals surface area contributed by atoms with Crippen molar-refractivity contribution in [2.75, 3.05) is 39.6 Å². The van der Waals surface area contributed by atoms with Gasteiger partial charge >= 0.3 is 39.5 Å². The summed E-state index contributed by atoms with van der Waals surface area (Å²) in [4.78, 5) is 73.5. The van der Waals surface area contributed by atoms with E-state index in [4.69, 9.17) is 37.0 Å². The Bertz CT molecular complexity index is 2120. The highest BCUT2D eigenvalue weighted by Gasteiger charge is 2.31. The lowest BCUT2D eigenvalue weighted by molar-refractivity contribution is -0.161. The van der Waals surface area contributed by atoms with E-state index in [1.807, 2.05) is 0 Å². The molecule has 17 nitrogen and oxygen atoms in total. The van der Waals surface area contributed by atoms with Crippen LogP contribution in [0.4, 0.5) is 0 Å². The molecule has 0 amide bonds.